The maximum atomic E-state index is 14.4. The molecule has 1 atom stereocenters. The average Bonchev–Trinajstić information content (AvgIpc) is 2.63. The third-order valence-corrected chi connectivity index (χ3v) is 5.45. The molecule has 0 saturated carbocycles. The summed E-state index contributed by atoms with van der Waals surface area (Å²) >= 11 is 6.32. The predicted molar refractivity (Wildman–Crippen MR) is 98.5 cm³/mol. The summed E-state index contributed by atoms with van der Waals surface area (Å²) < 4.78 is 27.7. The molecule has 0 unspecified atom stereocenters. The molecule has 1 heterocycles. The molecule has 6 heteroatoms. The van der Waals surface area contributed by atoms with E-state index in [4.69, 9.17) is 11.6 Å². The van der Waals surface area contributed by atoms with Crippen LogP contribution in [0.4, 0.5) is 14.5 Å². The summed E-state index contributed by atoms with van der Waals surface area (Å²) in [4.78, 5) is 27.0. The molecular weight excluding hydrogens is 372 g/mol. The molecule has 0 spiro atoms. The van der Waals surface area contributed by atoms with E-state index in [0.717, 1.165) is 17.7 Å². The van der Waals surface area contributed by atoms with Gasteiger partial charge in [-0.25, -0.2) is 8.78 Å². The fourth-order valence-corrected chi connectivity index (χ4v) is 4.23. The summed E-state index contributed by atoms with van der Waals surface area (Å²) in [5.74, 6) is -2.39. The van der Waals surface area contributed by atoms with Gasteiger partial charge in [-0.05, 0) is 36.6 Å². The van der Waals surface area contributed by atoms with Gasteiger partial charge in [0.25, 0.3) is 0 Å². The van der Waals surface area contributed by atoms with Crippen LogP contribution in [0.5, 0.6) is 0 Å². The van der Waals surface area contributed by atoms with Crippen LogP contribution in [0.25, 0.3) is 0 Å². The van der Waals surface area contributed by atoms with E-state index in [1.54, 1.807) is 18.2 Å². The summed E-state index contributed by atoms with van der Waals surface area (Å²) in [7, 11) is 0. The van der Waals surface area contributed by atoms with Gasteiger partial charge in [-0.15, -0.1) is 0 Å². The molecule has 0 N–H and O–H groups in total. The van der Waals surface area contributed by atoms with Crippen LogP contribution < -0.4 is 4.90 Å². The number of carbonyl (C=O) groups is 2. The maximum Gasteiger partial charge on any atom is 0.232 e. The van der Waals surface area contributed by atoms with Gasteiger partial charge < -0.3 is 0 Å². The molecule has 0 fully saturated rings. The van der Waals surface area contributed by atoms with Gasteiger partial charge in [-0.2, -0.15) is 0 Å². The number of halogens is 3. The summed E-state index contributed by atoms with van der Waals surface area (Å²) in [6.07, 6.45) is 1.45. The van der Waals surface area contributed by atoms with Crippen molar-refractivity contribution in [2.75, 3.05) is 4.90 Å². The highest BCUT2D eigenvalue weighted by atomic mass is 35.5. The van der Waals surface area contributed by atoms with E-state index in [-0.39, 0.29) is 23.8 Å². The Morgan fingerprint density at radius 2 is 1.81 bits per heavy atom. The Bertz CT molecular complexity index is 986. The van der Waals surface area contributed by atoms with Gasteiger partial charge in [0.1, 0.15) is 11.6 Å². The summed E-state index contributed by atoms with van der Waals surface area (Å²) in [5, 5.41) is 0.488. The molecule has 0 aromatic heterocycles. The Morgan fingerprint density at radius 1 is 1.04 bits per heavy atom. The lowest BCUT2D eigenvalue weighted by atomic mass is 9.77. The van der Waals surface area contributed by atoms with E-state index < -0.39 is 17.6 Å². The first kappa shape index (κ1) is 17.9. The van der Waals surface area contributed by atoms with Crippen LogP contribution in [-0.4, -0.2) is 11.7 Å². The second-order valence-corrected chi connectivity index (χ2v) is 7.15. The molecule has 2 aliphatic rings. The molecule has 1 aliphatic heterocycles. The first-order chi connectivity index (χ1) is 13.0. The van der Waals surface area contributed by atoms with Crippen molar-refractivity contribution in [3.8, 4) is 0 Å². The molecule has 1 aliphatic carbocycles. The monoisotopic (exact) mass is 387 g/mol. The zero-order valence-electron chi connectivity index (χ0n) is 14.3. The number of hydrogen-bond acceptors (Lipinski definition) is 2. The van der Waals surface area contributed by atoms with Crippen molar-refractivity contribution in [3.05, 3.63) is 76.0 Å². The number of amides is 1. The SMILES string of the molecule is O=C1CCCC2=C1[C@@H](c1ccccc1Cl)CC(=O)N2c1ccc(F)cc1F. The van der Waals surface area contributed by atoms with Crippen molar-refractivity contribution in [1.29, 1.82) is 0 Å². The van der Waals surface area contributed by atoms with Crippen LogP contribution >= 0.6 is 11.6 Å². The molecule has 2 aromatic carbocycles. The van der Waals surface area contributed by atoms with E-state index in [2.05, 4.69) is 0 Å². The van der Waals surface area contributed by atoms with Gasteiger partial charge in [0.15, 0.2) is 5.78 Å². The number of carbonyl (C=O) groups excluding carboxylic acids is 2. The van der Waals surface area contributed by atoms with Crippen molar-refractivity contribution < 1.29 is 18.4 Å². The van der Waals surface area contributed by atoms with Gasteiger partial charge in [-0.1, -0.05) is 29.8 Å². The lowest BCUT2D eigenvalue weighted by molar-refractivity contribution is -0.120. The maximum absolute atomic E-state index is 14.4. The Kier molecular flexibility index (Phi) is 4.56. The molecule has 0 bridgehead atoms. The Balaban J connectivity index is 1.90. The van der Waals surface area contributed by atoms with Crippen LogP contribution in [0.1, 0.15) is 37.2 Å². The third-order valence-electron chi connectivity index (χ3n) is 5.11. The fourth-order valence-electron chi connectivity index (χ4n) is 3.96. The summed E-state index contributed by atoms with van der Waals surface area (Å²) in [5.41, 5.74) is 1.70. The molecule has 2 aromatic rings. The molecular formula is C21H16ClF2NO2. The summed E-state index contributed by atoms with van der Waals surface area (Å²) in [6.45, 7) is 0. The number of hydrogen-bond donors (Lipinski definition) is 0. The zero-order valence-corrected chi connectivity index (χ0v) is 15.1. The number of benzene rings is 2. The van der Waals surface area contributed by atoms with Crippen molar-refractivity contribution in [1.82, 2.24) is 0 Å². The van der Waals surface area contributed by atoms with Gasteiger partial charge in [0.2, 0.25) is 5.91 Å². The van der Waals surface area contributed by atoms with Crippen molar-refractivity contribution in [2.24, 2.45) is 0 Å². The number of allylic oxidation sites excluding steroid dienone is 2. The van der Waals surface area contributed by atoms with Gasteiger partial charge >= 0.3 is 0 Å². The van der Waals surface area contributed by atoms with Gasteiger partial charge in [0.05, 0.1) is 5.69 Å². The molecule has 3 nitrogen and oxygen atoms in total. The van der Waals surface area contributed by atoms with E-state index >= 15 is 0 Å². The third kappa shape index (κ3) is 3.06. The van der Waals surface area contributed by atoms with E-state index in [0.29, 0.717) is 35.6 Å². The van der Waals surface area contributed by atoms with Crippen LogP contribution in [-0.2, 0) is 9.59 Å². The van der Waals surface area contributed by atoms with Crippen LogP contribution in [0.2, 0.25) is 5.02 Å². The number of nitrogens with zero attached hydrogens (tertiary/aromatic N) is 1. The molecule has 1 amide bonds. The molecule has 0 saturated heterocycles. The molecule has 4 rings (SSSR count). The van der Waals surface area contributed by atoms with Crippen molar-refractivity contribution in [3.63, 3.8) is 0 Å². The molecule has 27 heavy (non-hydrogen) atoms. The Morgan fingerprint density at radius 3 is 2.56 bits per heavy atom. The summed E-state index contributed by atoms with van der Waals surface area (Å²) in [6, 6.07) is 10.2. The number of rotatable bonds is 2. The molecule has 0 radical (unpaired) electrons. The minimum Gasteiger partial charge on any atom is -0.294 e. The Hall–Kier alpha value is -2.53. The van der Waals surface area contributed by atoms with Crippen molar-refractivity contribution in [2.45, 2.75) is 31.6 Å². The first-order valence-corrected chi connectivity index (χ1v) is 9.14. The normalized spacial score (nSPS) is 20.1. The fraction of sp³-hybridized carbons (Fsp3) is 0.238. The smallest absolute Gasteiger partial charge is 0.232 e. The minimum absolute atomic E-state index is 0.00508. The minimum atomic E-state index is -0.829. The highest BCUT2D eigenvalue weighted by Crippen LogP contribution is 2.45. The topological polar surface area (TPSA) is 37.4 Å². The van der Waals surface area contributed by atoms with Gasteiger partial charge in [0, 0.05) is 41.1 Å². The first-order valence-electron chi connectivity index (χ1n) is 8.76. The van der Waals surface area contributed by atoms with Crippen LogP contribution in [0, 0.1) is 11.6 Å². The van der Waals surface area contributed by atoms with E-state index in [1.807, 2.05) is 6.07 Å². The number of ketones is 1. The van der Waals surface area contributed by atoms with E-state index in [1.165, 1.54) is 11.0 Å². The van der Waals surface area contributed by atoms with Crippen LogP contribution in [0.3, 0.4) is 0 Å². The van der Waals surface area contributed by atoms with E-state index in [9.17, 15) is 18.4 Å². The quantitative estimate of drug-likeness (QED) is 0.715. The Labute approximate surface area is 160 Å². The lowest BCUT2D eigenvalue weighted by Gasteiger charge is -2.38. The predicted octanol–water partition coefficient (Wildman–Crippen LogP) is 5.15. The second-order valence-electron chi connectivity index (χ2n) is 6.74. The van der Waals surface area contributed by atoms with Crippen molar-refractivity contribution >= 4 is 29.0 Å². The average molecular weight is 388 g/mol. The highest BCUT2D eigenvalue weighted by Gasteiger charge is 2.40. The lowest BCUT2D eigenvalue weighted by Crippen LogP contribution is -2.41. The molecule has 138 valence electrons. The highest BCUT2D eigenvalue weighted by molar-refractivity contribution is 6.31. The number of Topliss-reactive ketones (excluding diaryl/α,β-unsaturated/α-hetero) is 1. The van der Waals surface area contributed by atoms with Gasteiger partial charge in [-0.3, -0.25) is 14.5 Å². The number of anilines is 1. The zero-order chi connectivity index (χ0) is 19.1. The second kappa shape index (κ2) is 6.89. The van der Waals surface area contributed by atoms with Crippen LogP contribution in [0.15, 0.2) is 53.7 Å². The largest absolute Gasteiger partial charge is 0.294 e. The standard InChI is InChI=1S/C21H16ClF2NO2/c22-15-5-2-1-4-13(15)14-11-20(27)25(17-9-8-12(23)10-16(17)24)18-6-3-7-19(26)21(14)18/h1-2,4-5,8-10,14H,3,6-7,11H2/t14-/m1/s1.